The van der Waals surface area contributed by atoms with Crippen molar-refractivity contribution in [3.05, 3.63) is 53.9 Å². The lowest BCUT2D eigenvalue weighted by molar-refractivity contribution is -0.274. The van der Waals surface area contributed by atoms with Gasteiger partial charge in [-0.3, -0.25) is 9.78 Å². The number of carboxylic acid groups (broad SMARTS) is 1. The lowest BCUT2D eigenvalue weighted by Crippen LogP contribution is -2.42. The summed E-state index contributed by atoms with van der Waals surface area (Å²) in [5.74, 6) is -1.07. The number of aromatic nitrogens is 1. The molecular formula is C21H23F3N2O4. The van der Waals surface area contributed by atoms with Crippen molar-refractivity contribution in [2.24, 2.45) is 0 Å². The predicted octanol–water partition coefficient (Wildman–Crippen LogP) is 3.84. The van der Waals surface area contributed by atoms with Gasteiger partial charge in [-0.15, -0.1) is 13.2 Å². The van der Waals surface area contributed by atoms with Crippen molar-refractivity contribution >= 4 is 11.7 Å². The molecule has 2 heterocycles. The zero-order valence-corrected chi connectivity index (χ0v) is 16.3. The average molecular weight is 424 g/mol. The first-order valence-electron chi connectivity index (χ1n) is 9.65. The van der Waals surface area contributed by atoms with Crippen LogP contribution < -0.4 is 9.64 Å². The zero-order valence-electron chi connectivity index (χ0n) is 16.3. The molecule has 0 amide bonds. The van der Waals surface area contributed by atoms with Crippen molar-refractivity contribution in [3.63, 3.8) is 0 Å². The van der Waals surface area contributed by atoms with Crippen molar-refractivity contribution < 1.29 is 32.5 Å². The highest BCUT2D eigenvalue weighted by atomic mass is 19.4. The number of ether oxygens (including phenoxy) is 2. The van der Waals surface area contributed by atoms with Gasteiger partial charge < -0.3 is 19.5 Å². The molecule has 1 fully saturated rings. The molecule has 0 saturated carbocycles. The number of hydrogen-bond acceptors (Lipinski definition) is 5. The van der Waals surface area contributed by atoms with Gasteiger partial charge in [0.15, 0.2) is 0 Å². The summed E-state index contributed by atoms with van der Waals surface area (Å²) in [6.07, 6.45) is 0.598. The van der Waals surface area contributed by atoms with Crippen LogP contribution in [0.3, 0.4) is 0 Å². The zero-order chi connectivity index (χ0) is 21.6. The van der Waals surface area contributed by atoms with Gasteiger partial charge in [-0.1, -0.05) is 12.1 Å². The number of pyridine rings is 1. The van der Waals surface area contributed by atoms with Gasteiger partial charge in [0.05, 0.1) is 24.6 Å². The Balaban J connectivity index is 1.56. The number of halogens is 3. The van der Waals surface area contributed by atoms with Gasteiger partial charge in [0.25, 0.3) is 0 Å². The number of nitrogens with zero attached hydrogens (tertiary/aromatic N) is 2. The van der Waals surface area contributed by atoms with Gasteiger partial charge in [0.2, 0.25) is 0 Å². The first-order valence-corrected chi connectivity index (χ1v) is 9.65. The molecule has 0 radical (unpaired) electrons. The van der Waals surface area contributed by atoms with Crippen molar-refractivity contribution in [3.8, 4) is 5.75 Å². The fourth-order valence-electron chi connectivity index (χ4n) is 3.34. The first kappa shape index (κ1) is 21.9. The van der Waals surface area contributed by atoms with Gasteiger partial charge in [0.1, 0.15) is 5.75 Å². The Morgan fingerprint density at radius 3 is 2.63 bits per heavy atom. The Bertz CT molecular complexity index is 843. The number of hydrogen-bond donors (Lipinski definition) is 1. The molecular weight excluding hydrogens is 401 g/mol. The average Bonchev–Trinajstić information content (AvgIpc) is 2.71. The summed E-state index contributed by atoms with van der Waals surface area (Å²) in [5, 5.41) is 8.85. The second-order valence-corrected chi connectivity index (χ2v) is 7.11. The summed E-state index contributed by atoms with van der Waals surface area (Å²) in [7, 11) is 0. The van der Waals surface area contributed by atoms with Crippen LogP contribution in [0.15, 0.2) is 42.7 Å². The van der Waals surface area contributed by atoms with E-state index in [0.29, 0.717) is 39.0 Å². The number of alkyl halides is 3. The van der Waals surface area contributed by atoms with E-state index < -0.39 is 12.3 Å². The number of anilines is 1. The minimum Gasteiger partial charge on any atom is -0.481 e. The Labute approximate surface area is 172 Å². The quantitative estimate of drug-likeness (QED) is 0.695. The molecule has 6 nitrogen and oxygen atoms in total. The van der Waals surface area contributed by atoms with Gasteiger partial charge in [-0.25, -0.2) is 0 Å². The van der Waals surface area contributed by atoms with Crippen LogP contribution in [-0.4, -0.2) is 48.2 Å². The van der Waals surface area contributed by atoms with Gasteiger partial charge in [0, 0.05) is 25.7 Å². The Morgan fingerprint density at radius 1 is 1.20 bits per heavy atom. The highest BCUT2D eigenvalue weighted by molar-refractivity contribution is 5.66. The molecule has 0 bridgehead atoms. The smallest absolute Gasteiger partial charge is 0.481 e. The van der Waals surface area contributed by atoms with E-state index >= 15 is 0 Å². The summed E-state index contributed by atoms with van der Waals surface area (Å²) in [5.41, 5.74) is 2.86. The largest absolute Gasteiger partial charge is 0.573 e. The van der Waals surface area contributed by atoms with Crippen LogP contribution in [0.1, 0.15) is 24.0 Å². The molecule has 1 aromatic carbocycles. The third-order valence-corrected chi connectivity index (χ3v) is 4.82. The van der Waals surface area contributed by atoms with Crippen LogP contribution in [-0.2, 0) is 22.4 Å². The normalized spacial score (nSPS) is 17.0. The SMILES string of the molecule is O=C(O)CCC1CN(c2cncc(CCc3ccc(OC(F)(F)F)cc3)c2)CCO1. The fourth-order valence-corrected chi connectivity index (χ4v) is 3.34. The molecule has 0 spiro atoms. The molecule has 1 aliphatic rings. The highest BCUT2D eigenvalue weighted by Gasteiger charge is 2.31. The molecule has 0 aliphatic carbocycles. The molecule has 30 heavy (non-hydrogen) atoms. The van der Waals surface area contributed by atoms with E-state index in [9.17, 15) is 18.0 Å². The molecule has 1 N–H and O–H groups in total. The van der Waals surface area contributed by atoms with Gasteiger partial charge in [-0.05, 0) is 48.6 Å². The minimum absolute atomic E-state index is 0.0730. The van der Waals surface area contributed by atoms with Gasteiger partial charge in [-0.2, -0.15) is 0 Å². The highest BCUT2D eigenvalue weighted by Crippen LogP contribution is 2.24. The lowest BCUT2D eigenvalue weighted by atomic mass is 10.0. The third-order valence-electron chi connectivity index (χ3n) is 4.82. The van der Waals surface area contributed by atoms with E-state index in [-0.39, 0.29) is 18.3 Å². The topological polar surface area (TPSA) is 71.9 Å². The van der Waals surface area contributed by atoms with E-state index in [0.717, 1.165) is 16.8 Å². The molecule has 1 saturated heterocycles. The molecule has 1 unspecified atom stereocenters. The van der Waals surface area contributed by atoms with Crippen LogP contribution in [0.25, 0.3) is 0 Å². The number of benzene rings is 1. The van der Waals surface area contributed by atoms with Crippen LogP contribution in [0.4, 0.5) is 18.9 Å². The standard InChI is InChI=1S/C21H23F3N2O4/c22-21(23,24)30-18-5-3-15(4-6-18)1-2-16-11-17(13-25-12-16)26-9-10-29-19(14-26)7-8-20(27)28/h3-6,11-13,19H,1-2,7-10,14H2,(H,27,28). The van der Waals surface area contributed by atoms with E-state index in [1.807, 2.05) is 6.07 Å². The van der Waals surface area contributed by atoms with Crippen LogP contribution in [0.2, 0.25) is 0 Å². The van der Waals surface area contributed by atoms with Crippen LogP contribution >= 0.6 is 0 Å². The summed E-state index contributed by atoms with van der Waals surface area (Å²) in [6.45, 7) is 1.84. The predicted molar refractivity (Wildman–Crippen MR) is 104 cm³/mol. The molecule has 3 rings (SSSR count). The maximum Gasteiger partial charge on any atom is 0.573 e. The fraction of sp³-hybridized carbons (Fsp3) is 0.429. The van der Waals surface area contributed by atoms with E-state index in [1.165, 1.54) is 12.1 Å². The molecule has 1 aliphatic heterocycles. The first-order chi connectivity index (χ1) is 14.3. The van der Waals surface area contributed by atoms with E-state index in [1.54, 1.807) is 24.5 Å². The van der Waals surface area contributed by atoms with Crippen molar-refractivity contribution in [2.45, 2.75) is 38.1 Å². The maximum atomic E-state index is 12.2. The molecule has 9 heteroatoms. The number of rotatable bonds is 8. The molecule has 1 aromatic heterocycles. The second kappa shape index (κ2) is 9.80. The summed E-state index contributed by atoms with van der Waals surface area (Å²) < 4.78 is 46.2. The number of carbonyl (C=O) groups is 1. The van der Waals surface area contributed by atoms with Gasteiger partial charge >= 0.3 is 12.3 Å². The number of aliphatic carboxylic acids is 1. The van der Waals surface area contributed by atoms with Crippen LogP contribution in [0, 0.1) is 0 Å². The summed E-state index contributed by atoms with van der Waals surface area (Å²) in [6, 6.07) is 7.89. The number of morpholine rings is 1. The lowest BCUT2D eigenvalue weighted by Gasteiger charge is -2.34. The van der Waals surface area contributed by atoms with Crippen molar-refractivity contribution in [1.82, 2.24) is 4.98 Å². The minimum atomic E-state index is -4.69. The van der Waals surface area contributed by atoms with Crippen molar-refractivity contribution in [2.75, 3.05) is 24.6 Å². The van der Waals surface area contributed by atoms with Crippen molar-refractivity contribution in [1.29, 1.82) is 0 Å². The second-order valence-electron chi connectivity index (χ2n) is 7.11. The monoisotopic (exact) mass is 424 g/mol. The summed E-state index contributed by atoms with van der Waals surface area (Å²) in [4.78, 5) is 17.2. The Kier molecular flexibility index (Phi) is 7.15. The molecule has 2 aromatic rings. The Morgan fingerprint density at radius 2 is 1.93 bits per heavy atom. The Hall–Kier alpha value is -2.81. The molecule has 1 atom stereocenters. The van der Waals surface area contributed by atoms with E-state index in [4.69, 9.17) is 9.84 Å². The van der Waals surface area contributed by atoms with Crippen LogP contribution in [0.5, 0.6) is 5.75 Å². The number of aryl methyl sites for hydroxylation is 2. The third kappa shape index (κ3) is 6.91. The van der Waals surface area contributed by atoms with E-state index in [2.05, 4.69) is 14.6 Å². The number of carboxylic acids is 1. The molecule has 162 valence electrons. The summed E-state index contributed by atoms with van der Waals surface area (Å²) >= 11 is 0. The maximum absolute atomic E-state index is 12.2.